The molecule has 0 aromatic heterocycles. The van der Waals surface area contributed by atoms with Gasteiger partial charge in [0.25, 0.3) is 0 Å². The van der Waals surface area contributed by atoms with Crippen LogP contribution in [0.2, 0.25) is 0 Å². The van der Waals surface area contributed by atoms with Crippen LogP contribution in [0.4, 0.5) is 4.79 Å². The summed E-state index contributed by atoms with van der Waals surface area (Å²) in [5.41, 5.74) is 3.08. The molecule has 1 aliphatic heterocycles. The second kappa shape index (κ2) is 23.8. The zero-order valence-electron chi connectivity index (χ0n) is 36.4. The van der Waals surface area contributed by atoms with Gasteiger partial charge in [-0.2, -0.15) is 0 Å². The number of nitrogens with one attached hydrogen (secondary N) is 2. The fourth-order valence-electron chi connectivity index (χ4n) is 7.16. The minimum Gasteiger partial charge on any atom is -0.444 e. The van der Waals surface area contributed by atoms with Gasteiger partial charge in [-0.15, -0.1) is 0 Å². The molecule has 0 aliphatic carbocycles. The highest BCUT2D eigenvalue weighted by atomic mass is 16.6. The summed E-state index contributed by atoms with van der Waals surface area (Å²) in [7, 11) is 0. The summed E-state index contributed by atoms with van der Waals surface area (Å²) in [6.07, 6.45) is -4.27. The SMILES string of the molecule is CCCN(C(=O)CNC(=O)OC(C)(C)C)C(C(=O)N[C@@H]1O[C@H](COCc2ccccc2)[C@@H](OCc2ccccc2)[C@H](OCc2ccccc2)[C@H]1OCc1ccccc1)C(C)C. The minimum atomic E-state index is -1.06. The van der Waals surface area contributed by atoms with Crippen molar-refractivity contribution in [2.24, 2.45) is 5.92 Å². The van der Waals surface area contributed by atoms with Gasteiger partial charge in [-0.3, -0.25) is 9.59 Å². The number of nitrogens with zero attached hydrogens (tertiary/aromatic N) is 1. The smallest absolute Gasteiger partial charge is 0.408 e. The van der Waals surface area contributed by atoms with Gasteiger partial charge in [0.2, 0.25) is 11.8 Å². The lowest BCUT2D eigenvalue weighted by Gasteiger charge is -2.47. The molecule has 328 valence electrons. The van der Waals surface area contributed by atoms with Gasteiger partial charge in [-0.05, 0) is 55.4 Å². The van der Waals surface area contributed by atoms with Crippen molar-refractivity contribution in [2.75, 3.05) is 19.7 Å². The Hall–Kier alpha value is -5.11. The summed E-state index contributed by atoms with van der Waals surface area (Å²) in [5, 5.41) is 5.71. The third-order valence-corrected chi connectivity index (χ3v) is 9.97. The largest absolute Gasteiger partial charge is 0.444 e. The molecule has 4 aromatic rings. The highest BCUT2D eigenvalue weighted by Gasteiger charge is 2.50. The van der Waals surface area contributed by atoms with E-state index in [2.05, 4.69) is 10.6 Å². The molecule has 0 saturated carbocycles. The van der Waals surface area contributed by atoms with Crippen LogP contribution in [0.25, 0.3) is 0 Å². The third-order valence-electron chi connectivity index (χ3n) is 9.97. The molecule has 1 aliphatic rings. The van der Waals surface area contributed by atoms with Crippen LogP contribution < -0.4 is 10.6 Å². The summed E-state index contributed by atoms with van der Waals surface area (Å²) >= 11 is 0. The molecule has 0 spiro atoms. The lowest BCUT2D eigenvalue weighted by molar-refractivity contribution is -0.277. The lowest BCUT2D eigenvalue weighted by Crippen LogP contribution is -2.67. The number of alkyl carbamates (subject to hydrolysis) is 1. The summed E-state index contributed by atoms with van der Waals surface area (Å²) in [4.78, 5) is 42.6. The van der Waals surface area contributed by atoms with Crippen LogP contribution in [0.5, 0.6) is 0 Å². The molecule has 61 heavy (non-hydrogen) atoms. The molecule has 6 atom stereocenters. The Balaban J connectivity index is 1.49. The minimum absolute atomic E-state index is 0.113. The van der Waals surface area contributed by atoms with Gasteiger partial charge in [0.05, 0.1) is 33.0 Å². The van der Waals surface area contributed by atoms with Crippen molar-refractivity contribution < 1.29 is 42.8 Å². The van der Waals surface area contributed by atoms with Gasteiger partial charge in [-0.1, -0.05) is 142 Å². The predicted octanol–water partition coefficient (Wildman–Crippen LogP) is 7.59. The molecular weight excluding hydrogens is 775 g/mol. The van der Waals surface area contributed by atoms with E-state index in [9.17, 15) is 14.4 Å². The van der Waals surface area contributed by atoms with E-state index in [-0.39, 0.29) is 45.4 Å². The molecule has 2 N–H and O–H groups in total. The van der Waals surface area contributed by atoms with Crippen molar-refractivity contribution in [2.45, 2.75) is 117 Å². The van der Waals surface area contributed by atoms with E-state index in [1.54, 1.807) is 20.8 Å². The lowest BCUT2D eigenvalue weighted by atomic mass is 9.95. The number of hydrogen-bond donors (Lipinski definition) is 2. The Bertz CT molecular complexity index is 1890. The number of carbonyl (C=O) groups is 3. The fourth-order valence-corrected chi connectivity index (χ4v) is 7.16. The Morgan fingerprint density at radius 2 is 1.13 bits per heavy atom. The van der Waals surface area contributed by atoms with Gasteiger partial charge in [0.1, 0.15) is 42.6 Å². The van der Waals surface area contributed by atoms with Crippen LogP contribution >= 0.6 is 0 Å². The molecule has 1 saturated heterocycles. The average molecular weight is 838 g/mol. The quantitative estimate of drug-likeness (QED) is 0.0871. The molecule has 1 unspecified atom stereocenters. The standard InChI is InChI=1S/C49H63N3O9/c1-7-28-52(41(53)29-50-48(55)61-49(4,5)6)42(35(2)3)46(54)51-47-45(59-33-39-26-18-11-19-27-39)44(58-32-38-24-16-10-17-25-38)43(57-31-37-22-14-9-15-23-37)40(60-47)34-56-30-36-20-12-8-13-21-36/h8-27,35,40,42-45,47H,7,28-34H2,1-6H3,(H,50,55)(H,51,54)/t40-,42?,43-,44+,45-,47-/m1/s1. The van der Waals surface area contributed by atoms with E-state index in [0.29, 0.717) is 13.0 Å². The summed E-state index contributed by atoms with van der Waals surface area (Å²) in [6, 6.07) is 38.4. The van der Waals surface area contributed by atoms with Crippen LogP contribution in [0, 0.1) is 5.92 Å². The second-order valence-electron chi connectivity index (χ2n) is 16.5. The molecule has 3 amide bonds. The molecule has 1 fully saturated rings. The maximum Gasteiger partial charge on any atom is 0.408 e. The summed E-state index contributed by atoms with van der Waals surface area (Å²) in [6.45, 7) is 12.0. The summed E-state index contributed by atoms with van der Waals surface area (Å²) < 4.78 is 38.9. The number of ether oxygens (including phenoxy) is 6. The first-order chi connectivity index (χ1) is 29.4. The van der Waals surface area contributed by atoms with Crippen molar-refractivity contribution >= 4 is 17.9 Å². The predicted molar refractivity (Wildman–Crippen MR) is 233 cm³/mol. The molecule has 12 heteroatoms. The maximum absolute atomic E-state index is 14.7. The van der Waals surface area contributed by atoms with Crippen molar-refractivity contribution in [3.05, 3.63) is 144 Å². The van der Waals surface area contributed by atoms with Crippen molar-refractivity contribution in [3.8, 4) is 0 Å². The number of amides is 3. The third kappa shape index (κ3) is 15.1. The van der Waals surface area contributed by atoms with Crippen LogP contribution in [-0.4, -0.2) is 84.8 Å². The van der Waals surface area contributed by atoms with E-state index >= 15 is 0 Å². The van der Waals surface area contributed by atoms with Crippen LogP contribution in [0.1, 0.15) is 70.2 Å². The zero-order valence-corrected chi connectivity index (χ0v) is 36.4. The van der Waals surface area contributed by atoms with Crippen molar-refractivity contribution in [1.29, 1.82) is 0 Å². The van der Waals surface area contributed by atoms with Gasteiger partial charge in [0, 0.05) is 6.54 Å². The van der Waals surface area contributed by atoms with Crippen molar-refractivity contribution in [1.82, 2.24) is 15.5 Å². The molecule has 4 aromatic carbocycles. The Labute approximate surface area is 361 Å². The Morgan fingerprint density at radius 3 is 1.59 bits per heavy atom. The van der Waals surface area contributed by atoms with Gasteiger partial charge in [0.15, 0.2) is 6.23 Å². The second-order valence-corrected chi connectivity index (χ2v) is 16.5. The van der Waals surface area contributed by atoms with Crippen LogP contribution in [0.3, 0.4) is 0 Å². The van der Waals surface area contributed by atoms with E-state index in [0.717, 1.165) is 22.3 Å². The van der Waals surface area contributed by atoms with Gasteiger partial charge in [-0.25, -0.2) is 4.79 Å². The topological polar surface area (TPSA) is 134 Å². The normalized spacial score (nSPS) is 19.5. The highest BCUT2D eigenvalue weighted by Crippen LogP contribution is 2.31. The monoisotopic (exact) mass is 837 g/mol. The van der Waals surface area contributed by atoms with E-state index in [1.807, 2.05) is 142 Å². The number of rotatable bonds is 21. The number of hydrogen-bond acceptors (Lipinski definition) is 9. The van der Waals surface area contributed by atoms with E-state index in [4.69, 9.17) is 28.4 Å². The first-order valence-electron chi connectivity index (χ1n) is 21.2. The maximum atomic E-state index is 14.7. The molecule has 0 bridgehead atoms. The Morgan fingerprint density at radius 1 is 0.672 bits per heavy atom. The first kappa shape index (κ1) is 46.9. The molecular formula is C49H63N3O9. The van der Waals surface area contributed by atoms with E-state index < -0.39 is 60.2 Å². The van der Waals surface area contributed by atoms with Gasteiger partial charge >= 0.3 is 6.09 Å². The Kier molecular flexibility index (Phi) is 18.3. The van der Waals surface area contributed by atoms with Crippen LogP contribution in [0.15, 0.2) is 121 Å². The average Bonchev–Trinajstić information content (AvgIpc) is 3.24. The fraction of sp³-hybridized carbons (Fsp3) is 0.449. The molecule has 5 rings (SSSR count). The molecule has 0 radical (unpaired) electrons. The van der Waals surface area contributed by atoms with Crippen LogP contribution in [-0.2, 0) is 64.4 Å². The number of benzene rings is 4. The first-order valence-corrected chi connectivity index (χ1v) is 21.2. The van der Waals surface area contributed by atoms with E-state index in [1.165, 1.54) is 4.90 Å². The molecule has 1 heterocycles. The zero-order chi connectivity index (χ0) is 43.6. The summed E-state index contributed by atoms with van der Waals surface area (Å²) in [5.74, 6) is -1.18. The van der Waals surface area contributed by atoms with Gasteiger partial charge < -0.3 is 44.0 Å². The highest BCUT2D eigenvalue weighted by molar-refractivity contribution is 5.90. The molecule has 12 nitrogen and oxygen atoms in total. The number of carbonyl (C=O) groups excluding carboxylic acids is 3. The van der Waals surface area contributed by atoms with Crippen molar-refractivity contribution in [3.63, 3.8) is 0 Å².